The fraction of sp³-hybridized carbons (Fsp3) is 0.273. The first-order valence-corrected chi connectivity index (χ1v) is 6.04. The Bertz CT molecular complexity index is 637. The van der Waals surface area contributed by atoms with Crippen molar-refractivity contribution in [3.05, 3.63) is 34.2 Å². The van der Waals surface area contributed by atoms with Gasteiger partial charge in [0.2, 0.25) is 0 Å². The van der Waals surface area contributed by atoms with Gasteiger partial charge in [-0.05, 0) is 28.9 Å². The topological polar surface area (TPSA) is 43.6 Å². The summed E-state index contributed by atoms with van der Waals surface area (Å²) in [7, 11) is 0. The number of carbonyl (C=O) groups is 1. The van der Waals surface area contributed by atoms with Gasteiger partial charge in [0.05, 0.1) is 12.2 Å². The molecule has 8 heteroatoms. The molecule has 0 unspecified atom stereocenters. The fourth-order valence-corrected chi connectivity index (χ4v) is 2.03. The van der Waals surface area contributed by atoms with E-state index in [0.717, 1.165) is 10.5 Å². The molecule has 0 saturated carbocycles. The summed E-state index contributed by atoms with van der Waals surface area (Å²) in [5.41, 5.74) is -1.42. The maximum atomic E-state index is 12.9. The molecular weight excluding hydrogens is 329 g/mol. The van der Waals surface area contributed by atoms with Crippen LogP contribution in [-0.2, 0) is 10.9 Å². The second kappa shape index (κ2) is 4.84. The fourth-order valence-electron chi connectivity index (χ4n) is 1.58. The Labute approximate surface area is 114 Å². The first kappa shape index (κ1) is 13.9. The highest BCUT2D eigenvalue weighted by atomic mass is 79.9. The zero-order valence-corrected chi connectivity index (χ0v) is 11.2. The van der Waals surface area contributed by atoms with Gasteiger partial charge in [-0.15, -0.1) is 0 Å². The van der Waals surface area contributed by atoms with Gasteiger partial charge < -0.3 is 9.14 Å². The van der Waals surface area contributed by atoms with Crippen molar-refractivity contribution < 1.29 is 22.7 Å². The number of rotatable bonds is 2. The third-order valence-electron chi connectivity index (χ3n) is 2.31. The molecule has 0 aliphatic carbocycles. The molecule has 4 nitrogen and oxygen atoms in total. The number of ether oxygens (including phenoxy) is 1. The van der Waals surface area contributed by atoms with E-state index in [1.165, 1.54) is 12.4 Å². The van der Waals surface area contributed by atoms with E-state index in [2.05, 4.69) is 20.9 Å². The first-order valence-electron chi connectivity index (χ1n) is 5.25. The van der Waals surface area contributed by atoms with E-state index in [-0.39, 0.29) is 22.4 Å². The van der Waals surface area contributed by atoms with Crippen LogP contribution in [0, 0.1) is 0 Å². The zero-order valence-electron chi connectivity index (χ0n) is 9.66. The third kappa shape index (κ3) is 2.73. The minimum absolute atomic E-state index is 0.128. The largest absolute Gasteiger partial charge is 0.461 e. The minimum atomic E-state index is -4.55. The van der Waals surface area contributed by atoms with Gasteiger partial charge in [-0.2, -0.15) is 13.2 Å². The highest BCUT2D eigenvalue weighted by molar-refractivity contribution is 9.10. The number of hydrogen-bond acceptors (Lipinski definition) is 3. The van der Waals surface area contributed by atoms with Crippen molar-refractivity contribution >= 4 is 27.5 Å². The summed E-state index contributed by atoms with van der Waals surface area (Å²) >= 11 is 2.99. The van der Waals surface area contributed by atoms with Gasteiger partial charge in [0.1, 0.15) is 5.65 Å². The Hall–Kier alpha value is -1.57. The minimum Gasteiger partial charge on any atom is -0.461 e. The van der Waals surface area contributed by atoms with Crippen molar-refractivity contribution in [2.24, 2.45) is 0 Å². The van der Waals surface area contributed by atoms with Crippen molar-refractivity contribution in [2.45, 2.75) is 13.1 Å². The standard InChI is InChI=1S/C11H8BrF3N2O2/c1-2-19-10(18)8-5-17-4-6(12)3-7(9(17)16-8)11(13,14)15/h3-5H,2H2,1H3. The van der Waals surface area contributed by atoms with Crippen LogP contribution >= 0.6 is 15.9 Å². The highest BCUT2D eigenvalue weighted by Gasteiger charge is 2.34. The lowest BCUT2D eigenvalue weighted by atomic mass is 10.2. The molecular formula is C11H8BrF3N2O2. The summed E-state index contributed by atoms with van der Waals surface area (Å²) in [6.45, 7) is 1.73. The quantitative estimate of drug-likeness (QED) is 0.790. The number of esters is 1. The van der Waals surface area contributed by atoms with Crippen LogP contribution in [-0.4, -0.2) is 22.0 Å². The van der Waals surface area contributed by atoms with Gasteiger partial charge in [0, 0.05) is 16.9 Å². The van der Waals surface area contributed by atoms with Gasteiger partial charge >= 0.3 is 12.1 Å². The molecule has 2 aromatic heterocycles. The van der Waals surface area contributed by atoms with Crippen LogP contribution in [0.2, 0.25) is 0 Å². The summed E-state index contributed by atoms with van der Waals surface area (Å²) < 4.78 is 44.7. The number of carbonyl (C=O) groups excluding carboxylic acids is 1. The lowest BCUT2D eigenvalue weighted by molar-refractivity contribution is -0.136. The third-order valence-corrected chi connectivity index (χ3v) is 2.74. The van der Waals surface area contributed by atoms with Gasteiger partial charge in [0.15, 0.2) is 5.69 Å². The molecule has 0 amide bonds. The molecule has 19 heavy (non-hydrogen) atoms. The lowest BCUT2D eigenvalue weighted by Gasteiger charge is -2.08. The predicted molar refractivity (Wildman–Crippen MR) is 63.9 cm³/mol. The second-order valence-corrected chi connectivity index (χ2v) is 4.56. The van der Waals surface area contributed by atoms with Crippen LogP contribution in [0.1, 0.15) is 23.0 Å². The molecule has 2 heterocycles. The summed E-state index contributed by atoms with van der Waals surface area (Å²) in [6, 6.07) is 0.914. The van der Waals surface area contributed by atoms with Crippen LogP contribution in [0.5, 0.6) is 0 Å². The Kier molecular flexibility index (Phi) is 3.53. The number of alkyl halides is 3. The van der Waals surface area contributed by atoms with Crippen LogP contribution in [0.25, 0.3) is 5.65 Å². The van der Waals surface area contributed by atoms with Crippen molar-refractivity contribution in [2.75, 3.05) is 6.61 Å². The molecule has 0 saturated heterocycles. The second-order valence-electron chi connectivity index (χ2n) is 3.65. The Morgan fingerprint density at radius 3 is 2.74 bits per heavy atom. The summed E-state index contributed by atoms with van der Waals surface area (Å²) in [5.74, 6) is -0.754. The number of imidazole rings is 1. The smallest absolute Gasteiger partial charge is 0.420 e. The highest BCUT2D eigenvalue weighted by Crippen LogP contribution is 2.34. The van der Waals surface area contributed by atoms with Crippen LogP contribution < -0.4 is 0 Å². The van der Waals surface area contributed by atoms with Crippen molar-refractivity contribution in [3.63, 3.8) is 0 Å². The van der Waals surface area contributed by atoms with Gasteiger partial charge in [-0.25, -0.2) is 9.78 Å². The number of fused-ring (bicyclic) bond motifs is 1. The average molecular weight is 337 g/mol. The molecule has 0 aliphatic rings. The molecule has 0 N–H and O–H groups in total. The van der Waals surface area contributed by atoms with Crippen LogP contribution in [0.3, 0.4) is 0 Å². The van der Waals surface area contributed by atoms with Crippen LogP contribution in [0.4, 0.5) is 13.2 Å². The molecule has 0 aliphatic heterocycles. The SMILES string of the molecule is CCOC(=O)c1cn2cc(Br)cc(C(F)(F)F)c2n1. The summed E-state index contributed by atoms with van der Waals surface area (Å²) in [6.07, 6.45) is -1.96. The van der Waals surface area contributed by atoms with Crippen molar-refractivity contribution in [1.82, 2.24) is 9.38 Å². The van der Waals surface area contributed by atoms with E-state index in [1.54, 1.807) is 6.92 Å². The normalized spacial score (nSPS) is 11.8. The van der Waals surface area contributed by atoms with E-state index in [4.69, 9.17) is 4.74 Å². The molecule has 0 radical (unpaired) electrons. The number of hydrogen-bond donors (Lipinski definition) is 0. The zero-order chi connectivity index (χ0) is 14.2. The molecule has 0 spiro atoms. The van der Waals surface area contributed by atoms with Crippen LogP contribution in [0.15, 0.2) is 22.9 Å². The number of halogens is 4. The van der Waals surface area contributed by atoms with E-state index in [1.807, 2.05) is 0 Å². The Balaban J connectivity index is 2.62. The molecule has 0 bridgehead atoms. The van der Waals surface area contributed by atoms with E-state index in [9.17, 15) is 18.0 Å². The molecule has 0 atom stereocenters. The molecule has 2 rings (SSSR count). The predicted octanol–water partition coefficient (Wildman–Crippen LogP) is 3.29. The van der Waals surface area contributed by atoms with Gasteiger partial charge in [0.25, 0.3) is 0 Å². The maximum Gasteiger partial charge on any atom is 0.420 e. The molecule has 2 aromatic rings. The van der Waals surface area contributed by atoms with E-state index in [0.29, 0.717) is 0 Å². The van der Waals surface area contributed by atoms with Gasteiger partial charge in [-0.3, -0.25) is 0 Å². The van der Waals surface area contributed by atoms with Crippen molar-refractivity contribution in [3.8, 4) is 0 Å². The maximum absolute atomic E-state index is 12.9. The molecule has 0 aromatic carbocycles. The van der Waals surface area contributed by atoms with E-state index < -0.39 is 17.7 Å². The average Bonchev–Trinajstić information content (AvgIpc) is 2.70. The molecule has 102 valence electrons. The Morgan fingerprint density at radius 1 is 1.47 bits per heavy atom. The number of nitrogens with zero attached hydrogens (tertiary/aromatic N) is 2. The van der Waals surface area contributed by atoms with Gasteiger partial charge in [-0.1, -0.05) is 0 Å². The monoisotopic (exact) mass is 336 g/mol. The summed E-state index contributed by atoms with van der Waals surface area (Å²) in [4.78, 5) is 15.2. The summed E-state index contributed by atoms with van der Waals surface area (Å²) in [5, 5.41) is 0. The number of aromatic nitrogens is 2. The van der Waals surface area contributed by atoms with E-state index >= 15 is 0 Å². The first-order chi connectivity index (χ1) is 8.82. The van der Waals surface area contributed by atoms with Crippen molar-refractivity contribution in [1.29, 1.82) is 0 Å². The lowest BCUT2D eigenvalue weighted by Crippen LogP contribution is -2.08. The number of pyridine rings is 1. The Morgan fingerprint density at radius 2 is 2.16 bits per heavy atom. The molecule has 0 fully saturated rings.